The number of pyridine rings is 1. The maximum Gasteiger partial charge on any atom is 0.248 e. The van der Waals surface area contributed by atoms with Gasteiger partial charge in [-0.2, -0.15) is 0 Å². The van der Waals surface area contributed by atoms with Crippen molar-refractivity contribution >= 4 is 29.3 Å². The number of aromatic nitrogens is 3. The van der Waals surface area contributed by atoms with Gasteiger partial charge in [0.2, 0.25) is 11.9 Å². The average Bonchev–Trinajstić information content (AvgIpc) is 2.85. The number of rotatable bonds is 7. The third-order valence-corrected chi connectivity index (χ3v) is 4.92. The van der Waals surface area contributed by atoms with Gasteiger partial charge in [-0.1, -0.05) is 24.3 Å². The normalized spacial score (nSPS) is 10.7. The van der Waals surface area contributed by atoms with Crippen LogP contribution in [0, 0.1) is 6.92 Å². The highest BCUT2D eigenvalue weighted by atomic mass is 16.5. The summed E-state index contributed by atoms with van der Waals surface area (Å²) in [7, 11) is 1.60. The molecule has 0 unspecified atom stereocenters. The van der Waals surface area contributed by atoms with Crippen molar-refractivity contribution in [3.63, 3.8) is 0 Å². The molecule has 0 aliphatic carbocycles. The van der Waals surface area contributed by atoms with Crippen LogP contribution in [0.5, 0.6) is 5.75 Å². The van der Waals surface area contributed by atoms with Gasteiger partial charge in [-0.15, -0.1) is 0 Å². The fourth-order valence-electron chi connectivity index (χ4n) is 3.20. The lowest BCUT2D eigenvalue weighted by Gasteiger charge is -2.11. The van der Waals surface area contributed by atoms with Crippen LogP contribution < -0.4 is 15.4 Å². The third kappa shape index (κ3) is 5.59. The number of carbonyl (C=O) groups excluding carboxylic acids is 1. The topological polar surface area (TPSA) is 89.0 Å². The van der Waals surface area contributed by atoms with Crippen LogP contribution in [-0.4, -0.2) is 28.0 Å². The molecule has 0 aliphatic rings. The van der Waals surface area contributed by atoms with E-state index in [-0.39, 0.29) is 5.91 Å². The minimum atomic E-state index is -0.245. The number of amides is 1. The van der Waals surface area contributed by atoms with E-state index in [1.54, 1.807) is 31.8 Å². The Hall–Kier alpha value is -4.52. The van der Waals surface area contributed by atoms with E-state index in [0.717, 1.165) is 28.1 Å². The first-order valence-corrected chi connectivity index (χ1v) is 10.4. The predicted molar refractivity (Wildman–Crippen MR) is 130 cm³/mol. The molecule has 2 aromatic carbocycles. The monoisotopic (exact) mass is 437 g/mol. The molecule has 0 fully saturated rings. The third-order valence-electron chi connectivity index (χ3n) is 4.92. The van der Waals surface area contributed by atoms with Gasteiger partial charge < -0.3 is 15.4 Å². The summed E-state index contributed by atoms with van der Waals surface area (Å²) in [6.07, 6.45) is 8.37. The van der Waals surface area contributed by atoms with Gasteiger partial charge in [0.15, 0.2) is 0 Å². The SMILES string of the molecule is COc1ccccc1/C=C/C(=O)Nc1ccc(C)c(Nc2nccc(-c3cccnc3)n2)c1. The summed E-state index contributed by atoms with van der Waals surface area (Å²) in [6.45, 7) is 1.97. The highest BCUT2D eigenvalue weighted by Crippen LogP contribution is 2.24. The van der Waals surface area contributed by atoms with E-state index in [4.69, 9.17) is 4.74 Å². The number of hydrogen-bond acceptors (Lipinski definition) is 6. The van der Waals surface area contributed by atoms with E-state index < -0.39 is 0 Å². The van der Waals surface area contributed by atoms with Gasteiger partial charge in [-0.05, 0) is 55.0 Å². The second-order valence-corrected chi connectivity index (χ2v) is 7.23. The molecule has 0 saturated carbocycles. The van der Waals surface area contributed by atoms with Crippen LogP contribution in [0.15, 0.2) is 85.3 Å². The van der Waals surface area contributed by atoms with Crippen molar-refractivity contribution in [1.82, 2.24) is 15.0 Å². The van der Waals surface area contributed by atoms with Gasteiger partial charge in [0, 0.05) is 47.2 Å². The Morgan fingerprint density at radius 2 is 1.91 bits per heavy atom. The molecule has 4 rings (SSSR count). The van der Waals surface area contributed by atoms with Crippen molar-refractivity contribution in [3.05, 3.63) is 96.5 Å². The number of anilines is 3. The number of ether oxygens (including phenoxy) is 1. The quantitative estimate of drug-likeness (QED) is 0.384. The Balaban J connectivity index is 1.48. The Bertz CT molecular complexity index is 1290. The van der Waals surface area contributed by atoms with Crippen LogP contribution in [0.4, 0.5) is 17.3 Å². The Morgan fingerprint density at radius 1 is 1.03 bits per heavy atom. The first-order chi connectivity index (χ1) is 16.1. The number of benzene rings is 2. The van der Waals surface area contributed by atoms with E-state index in [2.05, 4.69) is 25.6 Å². The van der Waals surface area contributed by atoms with E-state index in [1.165, 1.54) is 6.08 Å². The van der Waals surface area contributed by atoms with Crippen LogP contribution in [0.1, 0.15) is 11.1 Å². The number of aryl methyl sites for hydroxylation is 1. The van der Waals surface area contributed by atoms with Gasteiger partial charge in [0.05, 0.1) is 12.8 Å². The smallest absolute Gasteiger partial charge is 0.248 e. The summed E-state index contributed by atoms with van der Waals surface area (Å²) < 4.78 is 5.31. The lowest BCUT2D eigenvalue weighted by atomic mass is 10.1. The second-order valence-electron chi connectivity index (χ2n) is 7.23. The fraction of sp³-hybridized carbons (Fsp3) is 0.0769. The van der Waals surface area contributed by atoms with Crippen LogP contribution >= 0.6 is 0 Å². The molecule has 0 radical (unpaired) electrons. The van der Waals surface area contributed by atoms with Crippen molar-refractivity contribution in [1.29, 1.82) is 0 Å². The van der Waals surface area contributed by atoms with Crippen molar-refractivity contribution in [2.75, 3.05) is 17.7 Å². The lowest BCUT2D eigenvalue weighted by Crippen LogP contribution is -2.08. The molecule has 0 aliphatic heterocycles. The fourth-order valence-corrected chi connectivity index (χ4v) is 3.20. The first-order valence-electron chi connectivity index (χ1n) is 10.4. The molecule has 0 atom stereocenters. The molecule has 7 nitrogen and oxygen atoms in total. The number of nitrogens with one attached hydrogen (secondary N) is 2. The summed E-state index contributed by atoms with van der Waals surface area (Å²) >= 11 is 0. The molecule has 2 aromatic heterocycles. The van der Waals surface area contributed by atoms with Crippen LogP contribution in [0.25, 0.3) is 17.3 Å². The van der Waals surface area contributed by atoms with Crippen molar-refractivity contribution < 1.29 is 9.53 Å². The van der Waals surface area contributed by atoms with E-state index in [9.17, 15) is 4.79 Å². The Labute approximate surface area is 192 Å². The summed E-state index contributed by atoms with van der Waals surface area (Å²) in [6, 6.07) is 18.8. The highest BCUT2D eigenvalue weighted by Gasteiger charge is 2.07. The predicted octanol–water partition coefficient (Wildman–Crippen LogP) is 5.25. The Kier molecular flexibility index (Phi) is 6.70. The molecular weight excluding hydrogens is 414 g/mol. The average molecular weight is 438 g/mol. The highest BCUT2D eigenvalue weighted by molar-refractivity contribution is 6.02. The summed E-state index contributed by atoms with van der Waals surface area (Å²) in [5.41, 5.74) is 4.94. The molecule has 1 amide bonds. The van der Waals surface area contributed by atoms with Crippen molar-refractivity contribution in [2.45, 2.75) is 6.92 Å². The molecule has 2 heterocycles. The van der Waals surface area contributed by atoms with Gasteiger partial charge >= 0.3 is 0 Å². The lowest BCUT2D eigenvalue weighted by molar-refractivity contribution is -0.111. The molecule has 0 saturated heterocycles. The first kappa shape index (κ1) is 21.7. The van der Waals surface area contributed by atoms with Crippen molar-refractivity contribution in [3.8, 4) is 17.0 Å². The van der Waals surface area contributed by atoms with Gasteiger partial charge in [-0.3, -0.25) is 9.78 Å². The van der Waals surface area contributed by atoms with E-state index >= 15 is 0 Å². The second kappa shape index (κ2) is 10.2. The largest absolute Gasteiger partial charge is 0.496 e. The summed E-state index contributed by atoms with van der Waals surface area (Å²) in [4.78, 5) is 25.5. The molecule has 33 heavy (non-hydrogen) atoms. The zero-order valence-corrected chi connectivity index (χ0v) is 18.3. The molecule has 0 spiro atoms. The zero-order chi connectivity index (χ0) is 23.0. The number of carbonyl (C=O) groups is 1. The number of nitrogens with zero attached hydrogens (tertiary/aromatic N) is 3. The van der Waals surface area contributed by atoms with Crippen LogP contribution in [-0.2, 0) is 4.79 Å². The molecule has 7 heteroatoms. The minimum absolute atomic E-state index is 0.245. The van der Waals surface area contributed by atoms with Gasteiger partial charge in [0.25, 0.3) is 0 Å². The maximum absolute atomic E-state index is 12.5. The molecular formula is C26H23N5O2. The summed E-state index contributed by atoms with van der Waals surface area (Å²) in [5, 5.41) is 6.13. The van der Waals surface area contributed by atoms with Gasteiger partial charge in [-0.25, -0.2) is 9.97 Å². The van der Waals surface area contributed by atoms with Gasteiger partial charge in [0.1, 0.15) is 5.75 Å². The molecule has 0 bridgehead atoms. The standard InChI is InChI=1S/C26H23N5O2/c1-18-9-11-21(29-25(32)12-10-19-6-3-4-8-24(19)33-2)16-23(18)31-26-28-15-13-22(30-26)20-7-5-14-27-17-20/h3-17H,1-2H3,(H,29,32)(H,28,30,31)/b12-10+. The Morgan fingerprint density at radius 3 is 2.73 bits per heavy atom. The minimum Gasteiger partial charge on any atom is -0.496 e. The van der Waals surface area contributed by atoms with Crippen LogP contribution in [0.2, 0.25) is 0 Å². The van der Waals surface area contributed by atoms with E-state index in [0.29, 0.717) is 17.4 Å². The van der Waals surface area contributed by atoms with E-state index in [1.807, 2.05) is 67.6 Å². The van der Waals surface area contributed by atoms with Crippen molar-refractivity contribution in [2.24, 2.45) is 0 Å². The number of hydrogen-bond donors (Lipinski definition) is 2. The summed E-state index contributed by atoms with van der Waals surface area (Å²) in [5.74, 6) is 0.918. The van der Waals surface area contributed by atoms with Crippen LogP contribution in [0.3, 0.4) is 0 Å². The maximum atomic E-state index is 12.5. The molecule has 4 aromatic rings. The zero-order valence-electron chi connectivity index (χ0n) is 18.3. The molecule has 2 N–H and O–H groups in total. The molecule has 164 valence electrons. The number of methoxy groups -OCH3 is 1. The number of para-hydroxylation sites is 1.